The molecule has 5 nitrogen and oxygen atoms in total. The van der Waals surface area contributed by atoms with Crippen molar-refractivity contribution in [3.63, 3.8) is 0 Å². The van der Waals surface area contributed by atoms with Crippen LogP contribution in [0.4, 0.5) is 0 Å². The second-order valence-electron chi connectivity index (χ2n) is 10.8. The van der Waals surface area contributed by atoms with Gasteiger partial charge in [-0.3, -0.25) is 0 Å². The molecule has 4 aliphatic carbocycles. The molecule has 5 heteroatoms. The topological polar surface area (TPSA) is 62.9 Å². The van der Waals surface area contributed by atoms with Crippen LogP contribution in [0.3, 0.4) is 0 Å². The minimum absolute atomic E-state index is 0.160. The van der Waals surface area contributed by atoms with Gasteiger partial charge in [-0.1, -0.05) is 18.6 Å². The molecule has 5 atom stereocenters. The molecule has 6 aliphatic rings. The van der Waals surface area contributed by atoms with E-state index in [1.54, 1.807) is 5.57 Å². The van der Waals surface area contributed by atoms with Gasteiger partial charge in [0.2, 0.25) is 0 Å². The Morgan fingerprint density at radius 3 is 2.41 bits per heavy atom. The highest BCUT2D eigenvalue weighted by atomic mass is 16.7. The highest BCUT2D eigenvalue weighted by Gasteiger charge is 2.67. The standard InChI is InChI=1S/C24H37NO4/c1-21-6-4-20-18(19(21)5-7-24(21)28-14-15-29-24)3-2-17-16-23(26-12-13-27-23)9-8-22(17,20)10-11-25/h2,18-20H,3-16,25H2,1H3. The van der Waals surface area contributed by atoms with Crippen molar-refractivity contribution < 1.29 is 18.9 Å². The van der Waals surface area contributed by atoms with E-state index in [1.807, 2.05) is 0 Å². The van der Waals surface area contributed by atoms with Crippen LogP contribution in [0.25, 0.3) is 0 Å². The van der Waals surface area contributed by atoms with Crippen LogP contribution in [-0.2, 0) is 18.9 Å². The molecule has 29 heavy (non-hydrogen) atoms. The largest absolute Gasteiger partial charge is 0.347 e. The summed E-state index contributed by atoms with van der Waals surface area (Å²) in [4.78, 5) is 0. The Hall–Kier alpha value is -0.460. The average Bonchev–Trinajstić information content (AvgIpc) is 3.44. The Balaban J connectivity index is 1.34. The van der Waals surface area contributed by atoms with Crippen LogP contribution in [0, 0.1) is 28.6 Å². The fourth-order valence-corrected chi connectivity index (χ4v) is 8.77. The third-order valence-corrected chi connectivity index (χ3v) is 10.0. The van der Waals surface area contributed by atoms with Crippen molar-refractivity contribution in [2.75, 3.05) is 33.0 Å². The first-order chi connectivity index (χ1) is 14.1. The summed E-state index contributed by atoms with van der Waals surface area (Å²) in [5.41, 5.74) is 8.24. The lowest BCUT2D eigenvalue weighted by molar-refractivity contribution is -0.244. The van der Waals surface area contributed by atoms with E-state index in [0.717, 1.165) is 70.5 Å². The Labute approximate surface area is 174 Å². The van der Waals surface area contributed by atoms with Gasteiger partial charge < -0.3 is 24.7 Å². The minimum Gasteiger partial charge on any atom is -0.347 e. The molecule has 2 aliphatic heterocycles. The van der Waals surface area contributed by atoms with Crippen LogP contribution in [0.15, 0.2) is 11.6 Å². The summed E-state index contributed by atoms with van der Waals surface area (Å²) in [6.45, 7) is 6.25. The molecule has 2 heterocycles. The summed E-state index contributed by atoms with van der Waals surface area (Å²) in [6.07, 6.45) is 12.8. The fraction of sp³-hybridized carbons (Fsp3) is 0.917. The molecular weight excluding hydrogens is 366 g/mol. The number of ether oxygens (including phenoxy) is 4. The van der Waals surface area contributed by atoms with Gasteiger partial charge in [-0.15, -0.1) is 0 Å². The van der Waals surface area contributed by atoms with Crippen LogP contribution >= 0.6 is 0 Å². The lowest BCUT2D eigenvalue weighted by Gasteiger charge is -2.60. The van der Waals surface area contributed by atoms with Crippen LogP contribution in [0.5, 0.6) is 0 Å². The molecule has 0 bridgehead atoms. The van der Waals surface area contributed by atoms with Crippen molar-refractivity contribution in [2.24, 2.45) is 34.3 Å². The molecule has 0 aromatic heterocycles. The maximum Gasteiger partial charge on any atom is 0.174 e. The van der Waals surface area contributed by atoms with Crippen molar-refractivity contribution in [3.8, 4) is 0 Å². The normalized spacial score (nSPS) is 47.1. The zero-order valence-electron chi connectivity index (χ0n) is 17.9. The summed E-state index contributed by atoms with van der Waals surface area (Å²) >= 11 is 0. The maximum absolute atomic E-state index is 6.31. The van der Waals surface area contributed by atoms with Gasteiger partial charge in [0.05, 0.1) is 26.4 Å². The zero-order chi connectivity index (χ0) is 19.7. The Kier molecular flexibility index (Phi) is 4.33. The third kappa shape index (κ3) is 2.46. The first-order valence-electron chi connectivity index (χ1n) is 12.0. The summed E-state index contributed by atoms with van der Waals surface area (Å²) in [6, 6.07) is 0. The van der Waals surface area contributed by atoms with E-state index in [0.29, 0.717) is 5.92 Å². The van der Waals surface area contributed by atoms with E-state index in [1.165, 1.54) is 32.1 Å². The highest BCUT2D eigenvalue weighted by Crippen LogP contribution is 2.69. The maximum atomic E-state index is 6.31. The summed E-state index contributed by atoms with van der Waals surface area (Å²) in [7, 11) is 0. The SMILES string of the molecule is CC12CCC3C(CC=C4CC5(CCC43CCN)OCCO5)C1CCC21OCCO1. The number of hydrogen-bond acceptors (Lipinski definition) is 5. The molecule has 2 spiro atoms. The number of hydrogen-bond donors (Lipinski definition) is 1. The molecule has 3 saturated carbocycles. The first kappa shape index (κ1) is 19.2. The van der Waals surface area contributed by atoms with Crippen LogP contribution in [0.1, 0.15) is 64.7 Å². The number of fused-ring (bicyclic) bond motifs is 6. The van der Waals surface area contributed by atoms with Crippen LogP contribution < -0.4 is 5.73 Å². The van der Waals surface area contributed by atoms with Gasteiger partial charge in [0.1, 0.15) is 0 Å². The average molecular weight is 404 g/mol. The molecule has 5 unspecified atom stereocenters. The molecule has 0 aromatic rings. The molecule has 162 valence electrons. The Morgan fingerprint density at radius 1 is 0.931 bits per heavy atom. The molecule has 0 radical (unpaired) electrons. The molecule has 5 fully saturated rings. The van der Waals surface area contributed by atoms with E-state index < -0.39 is 0 Å². The fourth-order valence-electron chi connectivity index (χ4n) is 8.77. The van der Waals surface area contributed by atoms with Crippen molar-refractivity contribution in [1.82, 2.24) is 0 Å². The van der Waals surface area contributed by atoms with E-state index in [9.17, 15) is 0 Å². The predicted molar refractivity (Wildman–Crippen MR) is 109 cm³/mol. The van der Waals surface area contributed by atoms with Crippen molar-refractivity contribution >= 4 is 0 Å². The van der Waals surface area contributed by atoms with Gasteiger partial charge in [0.15, 0.2) is 11.6 Å². The van der Waals surface area contributed by atoms with Crippen LogP contribution in [0.2, 0.25) is 0 Å². The number of rotatable bonds is 2. The highest BCUT2D eigenvalue weighted by molar-refractivity contribution is 5.28. The van der Waals surface area contributed by atoms with Crippen LogP contribution in [-0.4, -0.2) is 44.5 Å². The molecule has 0 amide bonds. The second kappa shape index (κ2) is 6.52. The lowest BCUT2D eigenvalue weighted by Crippen LogP contribution is -2.56. The molecular formula is C24H37NO4. The first-order valence-corrected chi connectivity index (χ1v) is 12.0. The van der Waals surface area contributed by atoms with Gasteiger partial charge in [0.25, 0.3) is 0 Å². The molecule has 2 N–H and O–H groups in total. The van der Waals surface area contributed by atoms with Gasteiger partial charge in [-0.2, -0.15) is 0 Å². The summed E-state index contributed by atoms with van der Waals surface area (Å²) in [5, 5.41) is 0. The van der Waals surface area contributed by atoms with E-state index >= 15 is 0 Å². The van der Waals surface area contributed by atoms with Gasteiger partial charge in [0, 0.05) is 24.7 Å². The number of allylic oxidation sites excluding steroid dienone is 1. The van der Waals surface area contributed by atoms with E-state index in [4.69, 9.17) is 24.7 Å². The van der Waals surface area contributed by atoms with Gasteiger partial charge >= 0.3 is 0 Å². The van der Waals surface area contributed by atoms with Crippen molar-refractivity contribution in [2.45, 2.75) is 76.3 Å². The Bertz CT molecular complexity index is 695. The third-order valence-electron chi connectivity index (χ3n) is 10.0. The quantitative estimate of drug-likeness (QED) is 0.711. The molecule has 6 rings (SSSR count). The van der Waals surface area contributed by atoms with Crippen molar-refractivity contribution in [1.29, 1.82) is 0 Å². The lowest BCUT2D eigenvalue weighted by atomic mass is 9.46. The Morgan fingerprint density at radius 2 is 1.66 bits per heavy atom. The zero-order valence-corrected chi connectivity index (χ0v) is 17.9. The van der Waals surface area contributed by atoms with Crippen molar-refractivity contribution in [3.05, 3.63) is 11.6 Å². The monoisotopic (exact) mass is 403 g/mol. The van der Waals surface area contributed by atoms with Gasteiger partial charge in [-0.25, -0.2) is 0 Å². The minimum atomic E-state index is -0.344. The summed E-state index contributed by atoms with van der Waals surface area (Å²) < 4.78 is 24.8. The summed E-state index contributed by atoms with van der Waals surface area (Å²) in [5.74, 6) is 1.51. The second-order valence-corrected chi connectivity index (χ2v) is 10.8. The molecule has 0 aromatic carbocycles. The molecule has 2 saturated heterocycles. The van der Waals surface area contributed by atoms with Gasteiger partial charge in [-0.05, 0) is 68.2 Å². The van der Waals surface area contributed by atoms with E-state index in [-0.39, 0.29) is 22.4 Å². The smallest absolute Gasteiger partial charge is 0.174 e. The van der Waals surface area contributed by atoms with E-state index in [2.05, 4.69) is 13.0 Å². The predicted octanol–water partition coefficient (Wildman–Crippen LogP) is 3.76. The number of nitrogens with two attached hydrogens (primary N) is 1.